The molecule has 1 aromatic rings. The van der Waals surface area contributed by atoms with E-state index in [-0.39, 0.29) is 5.97 Å². The number of methoxy groups -OCH3 is 1. The van der Waals surface area contributed by atoms with Crippen LogP contribution in [-0.2, 0) is 16.0 Å². The van der Waals surface area contributed by atoms with Crippen molar-refractivity contribution in [2.45, 2.75) is 13.0 Å². The summed E-state index contributed by atoms with van der Waals surface area (Å²) in [6.07, 6.45) is 2.73. The van der Waals surface area contributed by atoms with Gasteiger partial charge in [-0.3, -0.25) is 0 Å². The van der Waals surface area contributed by atoms with Crippen LogP contribution in [0.1, 0.15) is 22.3 Å². The van der Waals surface area contributed by atoms with Crippen molar-refractivity contribution in [3.8, 4) is 0 Å². The molecule has 0 bridgehead atoms. The summed E-state index contributed by atoms with van der Waals surface area (Å²) in [5, 5.41) is 3.27. The number of benzene rings is 1. The van der Waals surface area contributed by atoms with Gasteiger partial charge in [0.05, 0.1) is 25.9 Å². The molecular formula is C15H21NO3. The zero-order valence-corrected chi connectivity index (χ0v) is 11.4. The molecule has 0 aliphatic carbocycles. The van der Waals surface area contributed by atoms with Gasteiger partial charge in [-0.1, -0.05) is 18.2 Å². The number of esters is 1. The third-order valence-corrected chi connectivity index (χ3v) is 2.59. The Kier molecular flexibility index (Phi) is 7.54. The van der Waals surface area contributed by atoms with Crippen LogP contribution in [0.5, 0.6) is 0 Å². The van der Waals surface area contributed by atoms with Gasteiger partial charge in [-0.2, -0.15) is 0 Å². The lowest BCUT2D eigenvalue weighted by Gasteiger charge is -2.06. The molecule has 0 radical (unpaired) electrons. The van der Waals surface area contributed by atoms with Gasteiger partial charge in [-0.25, -0.2) is 4.79 Å². The van der Waals surface area contributed by atoms with Crippen molar-refractivity contribution in [3.63, 3.8) is 0 Å². The number of carbonyl (C=O) groups is 1. The van der Waals surface area contributed by atoms with E-state index in [2.05, 4.69) is 16.6 Å². The standard InChI is InChI=1S/C15H21NO3/c1-3-4-10-19-11-9-16-12-13-5-7-14(8-6-13)15(17)18-2/h3,5-8,16H,1,4,9-12H2,2H3. The summed E-state index contributed by atoms with van der Waals surface area (Å²) in [6.45, 7) is 6.60. The van der Waals surface area contributed by atoms with E-state index in [0.29, 0.717) is 12.2 Å². The lowest BCUT2D eigenvalue weighted by atomic mass is 10.1. The van der Waals surface area contributed by atoms with Crippen LogP contribution in [0.3, 0.4) is 0 Å². The van der Waals surface area contributed by atoms with Crippen molar-refractivity contribution in [3.05, 3.63) is 48.0 Å². The summed E-state index contributed by atoms with van der Waals surface area (Å²) in [5.41, 5.74) is 1.69. The van der Waals surface area contributed by atoms with Crippen molar-refractivity contribution in [1.29, 1.82) is 0 Å². The first-order chi connectivity index (χ1) is 9.27. The van der Waals surface area contributed by atoms with Crippen LogP contribution in [0.4, 0.5) is 0 Å². The number of ether oxygens (including phenoxy) is 2. The lowest BCUT2D eigenvalue weighted by Crippen LogP contribution is -2.19. The maximum atomic E-state index is 11.2. The minimum absolute atomic E-state index is 0.310. The molecule has 0 aliphatic heterocycles. The maximum absolute atomic E-state index is 11.2. The molecule has 1 N–H and O–H groups in total. The SMILES string of the molecule is C=CCCOCCNCc1ccc(C(=O)OC)cc1. The van der Waals surface area contributed by atoms with Crippen LogP contribution in [0, 0.1) is 0 Å². The molecule has 1 rings (SSSR count). The summed E-state index contributed by atoms with van der Waals surface area (Å²) in [6, 6.07) is 7.36. The van der Waals surface area contributed by atoms with E-state index in [9.17, 15) is 4.79 Å². The number of hydrogen-bond donors (Lipinski definition) is 1. The van der Waals surface area contributed by atoms with Gasteiger partial charge in [0.25, 0.3) is 0 Å². The Morgan fingerprint density at radius 2 is 2.05 bits per heavy atom. The molecular weight excluding hydrogens is 242 g/mol. The van der Waals surface area contributed by atoms with Gasteiger partial charge in [0, 0.05) is 13.1 Å². The van der Waals surface area contributed by atoms with Crippen LogP contribution in [-0.4, -0.2) is 32.8 Å². The maximum Gasteiger partial charge on any atom is 0.337 e. The van der Waals surface area contributed by atoms with E-state index in [1.54, 1.807) is 12.1 Å². The van der Waals surface area contributed by atoms with Crippen LogP contribution >= 0.6 is 0 Å². The average Bonchev–Trinajstić information content (AvgIpc) is 2.46. The minimum Gasteiger partial charge on any atom is -0.465 e. The summed E-state index contributed by atoms with van der Waals surface area (Å²) < 4.78 is 10.0. The third kappa shape index (κ3) is 6.18. The molecule has 104 valence electrons. The fourth-order valence-electron chi connectivity index (χ4n) is 1.52. The molecule has 0 spiro atoms. The second kappa shape index (κ2) is 9.30. The Morgan fingerprint density at radius 3 is 2.68 bits per heavy atom. The van der Waals surface area contributed by atoms with E-state index < -0.39 is 0 Å². The highest BCUT2D eigenvalue weighted by molar-refractivity contribution is 5.89. The monoisotopic (exact) mass is 263 g/mol. The topological polar surface area (TPSA) is 47.6 Å². The summed E-state index contributed by atoms with van der Waals surface area (Å²) in [7, 11) is 1.38. The first kappa shape index (κ1) is 15.4. The van der Waals surface area contributed by atoms with Gasteiger partial charge < -0.3 is 14.8 Å². The normalized spacial score (nSPS) is 10.2. The zero-order valence-electron chi connectivity index (χ0n) is 11.4. The molecule has 19 heavy (non-hydrogen) atoms. The summed E-state index contributed by atoms with van der Waals surface area (Å²) >= 11 is 0. The zero-order chi connectivity index (χ0) is 13.9. The van der Waals surface area contributed by atoms with Crippen molar-refractivity contribution in [2.75, 3.05) is 26.9 Å². The first-order valence-corrected chi connectivity index (χ1v) is 6.34. The molecule has 0 fully saturated rings. The van der Waals surface area contributed by atoms with E-state index in [1.165, 1.54) is 7.11 Å². The predicted octanol–water partition coefficient (Wildman–Crippen LogP) is 2.16. The molecule has 0 saturated carbocycles. The first-order valence-electron chi connectivity index (χ1n) is 6.34. The highest BCUT2D eigenvalue weighted by atomic mass is 16.5. The van der Waals surface area contributed by atoms with Gasteiger partial charge in [-0.05, 0) is 24.1 Å². The quantitative estimate of drug-likeness (QED) is 0.421. The minimum atomic E-state index is -0.310. The fraction of sp³-hybridized carbons (Fsp3) is 0.400. The molecule has 4 nitrogen and oxygen atoms in total. The van der Waals surface area contributed by atoms with Crippen LogP contribution in [0.2, 0.25) is 0 Å². The second-order valence-electron chi connectivity index (χ2n) is 4.06. The molecule has 0 unspecified atom stereocenters. The van der Waals surface area contributed by atoms with E-state index in [4.69, 9.17) is 4.74 Å². The molecule has 0 amide bonds. The molecule has 0 aliphatic rings. The third-order valence-electron chi connectivity index (χ3n) is 2.59. The van der Waals surface area contributed by atoms with Gasteiger partial charge in [-0.15, -0.1) is 6.58 Å². The van der Waals surface area contributed by atoms with Crippen LogP contribution in [0.15, 0.2) is 36.9 Å². The van der Waals surface area contributed by atoms with Crippen molar-refractivity contribution in [2.24, 2.45) is 0 Å². The van der Waals surface area contributed by atoms with Gasteiger partial charge >= 0.3 is 5.97 Å². The van der Waals surface area contributed by atoms with Crippen molar-refractivity contribution in [1.82, 2.24) is 5.32 Å². The Hall–Kier alpha value is -1.65. The molecule has 0 aromatic heterocycles. The lowest BCUT2D eigenvalue weighted by molar-refractivity contribution is 0.0600. The van der Waals surface area contributed by atoms with E-state index in [0.717, 1.165) is 31.7 Å². The van der Waals surface area contributed by atoms with E-state index >= 15 is 0 Å². The fourth-order valence-corrected chi connectivity index (χ4v) is 1.52. The van der Waals surface area contributed by atoms with Crippen molar-refractivity contribution >= 4 is 5.97 Å². The van der Waals surface area contributed by atoms with Crippen molar-refractivity contribution < 1.29 is 14.3 Å². The number of rotatable bonds is 9. The highest BCUT2D eigenvalue weighted by Crippen LogP contribution is 2.05. The second-order valence-corrected chi connectivity index (χ2v) is 4.06. The van der Waals surface area contributed by atoms with Gasteiger partial charge in [0.15, 0.2) is 0 Å². The van der Waals surface area contributed by atoms with Gasteiger partial charge in [0.1, 0.15) is 0 Å². The largest absolute Gasteiger partial charge is 0.465 e. The summed E-state index contributed by atoms with van der Waals surface area (Å²) in [5.74, 6) is -0.310. The van der Waals surface area contributed by atoms with Crippen LogP contribution in [0.25, 0.3) is 0 Å². The Bertz CT molecular complexity index is 387. The molecule has 4 heteroatoms. The Balaban J connectivity index is 2.19. The number of nitrogens with one attached hydrogen (secondary N) is 1. The predicted molar refractivity (Wildman–Crippen MR) is 75.1 cm³/mol. The number of carbonyl (C=O) groups excluding carboxylic acids is 1. The smallest absolute Gasteiger partial charge is 0.337 e. The molecule has 0 saturated heterocycles. The van der Waals surface area contributed by atoms with Crippen LogP contribution < -0.4 is 5.32 Å². The molecule has 1 aromatic carbocycles. The molecule has 0 atom stereocenters. The highest BCUT2D eigenvalue weighted by Gasteiger charge is 2.03. The Labute approximate surface area is 114 Å². The molecule has 0 heterocycles. The van der Waals surface area contributed by atoms with E-state index in [1.807, 2.05) is 18.2 Å². The van der Waals surface area contributed by atoms with Gasteiger partial charge in [0.2, 0.25) is 0 Å². The number of hydrogen-bond acceptors (Lipinski definition) is 4. The summed E-state index contributed by atoms with van der Waals surface area (Å²) in [4.78, 5) is 11.2. The average molecular weight is 263 g/mol. The Morgan fingerprint density at radius 1 is 1.32 bits per heavy atom.